The number of amides is 1. The number of morpholine rings is 1. The maximum atomic E-state index is 13.2. The second-order valence-electron chi connectivity index (χ2n) is 6.61. The first-order valence-electron chi connectivity index (χ1n) is 9.18. The molecule has 1 fully saturated rings. The van der Waals surface area contributed by atoms with Crippen LogP contribution in [0, 0.1) is 0 Å². The minimum atomic E-state index is -0.265. The Morgan fingerprint density at radius 2 is 1.93 bits per heavy atom. The Labute approximate surface area is 163 Å². The fourth-order valence-electron chi connectivity index (χ4n) is 3.52. The summed E-state index contributed by atoms with van der Waals surface area (Å²) in [6.07, 6.45) is 1.58. The van der Waals surface area contributed by atoms with E-state index in [0.717, 1.165) is 16.5 Å². The van der Waals surface area contributed by atoms with E-state index in [0.29, 0.717) is 36.8 Å². The number of methoxy groups -OCH3 is 2. The van der Waals surface area contributed by atoms with Crippen LogP contribution in [-0.4, -0.2) is 49.7 Å². The van der Waals surface area contributed by atoms with Gasteiger partial charge in [0.1, 0.15) is 6.10 Å². The van der Waals surface area contributed by atoms with Crippen LogP contribution in [0.15, 0.2) is 54.7 Å². The van der Waals surface area contributed by atoms with E-state index in [1.54, 1.807) is 30.2 Å². The van der Waals surface area contributed by atoms with Crippen LogP contribution >= 0.6 is 0 Å². The van der Waals surface area contributed by atoms with Crippen LogP contribution in [0.25, 0.3) is 10.8 Å². The Hall–Kier alpha value is -3.12. The highest BCUT2D eigenvalue weighted by atomic mass is 16.5. The summed E-state index contributed by atoms with van der Waals surface area (Å²) < 4.78 is 16.7. The number of rotatable bonds is 4. The van der Waals surface area contributed by atoms with E-state index in [9.17, 15) is 4.79 Å². The zero-order valence-electron chi connectivity index (χ0n) is 15.9. The van der Waals surface area contributed by atoms with E-state index in [4.69, 9.17) is 14.2 Å². The molecule has 28 heavy (non-hydrogen) atoms. The van der Waals surface area contributed by atoms with Crippen LogP contribution in [0.2, 0.25) is 0 Å². The smallest absolute Gasteiger partial charge is 0.257 e. The number of carbonyl (C=O) groups is 1. The lowest BCUT2D eigenvalue weighted by Crippen LogP contribution is -2.42. The second-order valence-corrected chi connectivity index (χ2v) is 6.61. The first-order chi connectivity index (χ1) is 13.7. The lowest BCUT2D eigenvalue weighted by molar-refractivity contribution is -0.0247. The van der Waals surface area contributed by atoms with Crippen molar-refractivity contribution in [2.75, 3.05) is 33.9 Å². The summed E-state index contributed by atoms with van der Waals surface area (Å²) >= 11 is 0. The molecule has 1 aliphatic heterocycles. The molecule has 0 radical (unpaired) electrons. The number of hydrogen-bond acceptors (Lipinski definition) is 5. The zero-order valence-corrected chi connectivity index (χ0v) is 15.9. The van der Waals surface area contributed by atoms with E-state index in [1.807, 2.05) is 36.5 Å². The molecule has 2 aromatic carbocycles. The van der Waals surface area contributed by atoms with Gasteiger partial charge in [-0.3, -0.25) is 9.78 Å². The van der Waals surface area contributed by atoms with Gasteiger partial charge in [-0.2, -0.15) is 0 Å². The van der Waals surface area contributed by atoms with Crippen molar-refractivity contribution >= 4 is 16.7 Å². The number of para-hydroxylation sites is 1. The molecule has 6 heteroatoms. The Balaban J connectivity index is 1.59. The third-order valence-electron chi connectivity index (χ3n) is 4.97. The molecular weight excluding hydrogens is 356 g/mol. The normalized spacial score (nSPS) is 16.8. The number of fused-ring (bicyclic) bond motifs is 1. The van der Waals surface area contributed by atoms with Gasteiger partial charge in [-0.25, -0.2) is 0 Å². The predicted molar refractivity (Wildman–Crippen MR) is 106 cm³/mol. The van der Waals surface area contributed by atoms with E-state index in [-0.39, 0.29) is 12.0 Å². The van der Waals surface area contributed by atoms with Gasteiger partial charge in [-0.1, -0.05) is 30.3 Å². The van der Waals surface area contributed by atoms with Gasteiger partial charge in [-0.05, 0) is 23.6 Å². The maximum Gasteiger partial charge on any atom is 0.257 e. The highest BCUT2D eigenvalue weighted by Gasteiger charge is 2.29. The van der Waals surface area contributed by atoms with Crippen LogP contribution < -0.4 is 9.47 Å². The van der Waals surface area contributed by atoms with Crippen molar-refractivity contribution in [3.63, 3.8) is 0 Å². The zero-order chi connectivity index (χ0) is 19.5. The standard InChI is InChI=1S/C22H22N2O4/c1-26-19-9-5-8-17(21(19)27-2)22(25)24-10-11-28-20(14-24)18-12-15-6-3-4-7-16(15)13-23-18/h3-9,12-13,20H,10-11,14H2,1-2H3/t20-/m1/s1. The monoisotopic (exact) mass is 378 g/mol. The van der Waals surface area contributed by atoms with Gasteiger partial charge in [0.2, 0.25) is 0 Å². The molecule has 144 valence electrons. The van der Waals surface area contributed by atoms with Gasteiger partial charge < -0.3 is 19.1 Å². The van der Waals surface area contributed by atoms with Gasteiger partial charge in [0.15, 0.2) is 11.5 Å². The van der Waals surface area contributed by atoms with Gasteiger partial charge in [0.05, 0.1) is 38.6 Å². The van der Waals surface area contributed by atoms with Crippen molar-refractivity contribution in [3.05, 3.63) is 66.0 Å². The van der Waals surface area contributed by atoms with Gasteiger partial charge in [0, 0.05) is 18.1 Å². The third-order valence-corrected chi connectivity index (χ3v) is 4.97. The molecule has 4 rings (SSSR count). The Kier molecular flexibility index (Phi) is 5.12. The average molecular weight is 378 g/mol. The number of nitrogens with zero attached hydrogens (tertiary/aromatic N) is 2. The number of hydrogen-bond donors (Lipinski definition) is 0. The van der Waals surface area contributed by atoms with Crippen molar-refractivity contribution in [2.24, 2.45) is 0 Å². The lowest BCUT2D eigenvalue weighted by atomic mass is 10.1. The molecule has 0 spiro atoms. The molecule has 1 saturated heterocycles. The van der Waals surface area contributed by atoms with Crippen molar-refractivity contribution in [2.45, 2.75) is 6.10 Å². The Morgan fingerprint density at radius 1 is 1.11 bits per heavy atom. The number of benzene rings is 2. The van der Waals surface area contributed by atoms with Crippen LogP contribution in [0.3, 0.4) is 0 Å². The Bertz CT molecular complexity index is 1000. The summed E-state index contributed by atoms with van der Waals surface area (Å²) in [7, 11) is 3.10. The van der Waals surface area contributed by atoms with Gasteiger partial charge in [0.25, 0.3) is 5.91 Å². The van der Waals surface area contributed by atoms with Crippen molar-refractivity contribution in [3.8, 4) is 11.5 Å². The molecule has 0 bridgehead atoms. The van der Waals surface area contributed by atoms with E-state index < -0.39 is 0 Å². The molecule has 0 unspecified atom stereocenters. The summed E-state index contributed by atoms with van der Waals surface area (Å²) in [5.74, 6) is 0.876. The van der Waals surface area contributed by atoms with E-state index in [1.165, 1.54) is 7.11 Å². The van der Waals surface area contributed by atoms with Crippen LogP contribution in [0.5, 0.6) is 11.5 Å². The van der Waals surface area contributed by atoms with E-state index in [2.05, 4.69) is 4.98 Å². The topological polar surface area (TPSA) is 60.9 Å². The third kappa shape index (κ3) is 3.39. The molecule has 1 aromatic heterocycles. The van der Waals surface area contributed by atoms with Crippen LogP contribution in [0.4, 0.5) is 0 Å². The summed E-state index contributed by atoms with van der Waals surface area (Å²) in [6, 6.07) is 15.4. The number of ether oxygens (including phenoxy) is 3. The number of pyridine rings is 1. The predicted octanol–water partition coefficient (Wildman–Crippen LogP) is 3.47. The lowest BCUT2D eigenvalue weighted by Gasteiger charge is -2.33. The average Bonchev–Trinajstić information content (AvgIpc) is 2.77. The fourth-order valence-corrected chi connectivity index (χ4v) is 3.52. The highest BCUT2D eigenvalue weighted by molar-refractivity contribution is 5.98. The molecule has 6 nitrogen and oxygen atoms in total. The molecular formula is C22H22N2O4. The van der Waals surface area contributed by atoms with Crippen molar-refractivity contribution in [1.29, 1.82) is 0 Å². The molecule has 3 aromatic rings. The van der Waals surface area contributed by atoms with Crippen LogP contribution in [-0.2, 0) is 4.74 Å². The first kappa shape index (κ1) is 18.3. The molecule has 2 heterocycles. The van der Waals surface area contributed by atoms with Crippen molar-refractivity contribution in [1.82, 2.24) is 9.88 Å². The largest absolute Gasteiger partial charge is 0.493 e. The van der Waals surface area contributed by atoms with Crippen molar-refractivity contribution < 1.29 is 19.0 Å². The fraction of sp³-hybridized carbons (Fsp3) is 0.273. The molecule has 0 aliphatic carbocycles. The molecule has 1 amide bonds. The minimum absolute atomic E-state index is 0.107. The molecule has 1 aliphatic rings. The molecule has 0 saturated carbocycles. The number of carbonyl (C=O) groups excluding carboxylic acids is 1. The minimum Gasteiger partial charge on any atom is -0.493 e. The summed E-state index contributed by atoms with van der Waals surface area (Å²) in [4.78, 5) is 19.5. The maximum absolute atomic E-state index is 13.2. The highest BCUT2D eigenvalue weighted by Crippen LogP contribution is 2.32. The number of aromatic nitrogens is 1. The SMILES string of the molecule is COc1cccc(C(=O)N2CCO[C@@H](c3cc4ccccc4cn3)C2)c1OC. The summed E-state index contributed by atoms with van der Waals surface area (Å²) in [5.41, 5.74) is 1.31. The molecule has 1 atom stereocenters. The summed E-state index contributed by atoms with van der Waals surface area (Å²) in [5, 5.41) is 2.19. The molecule has 0 N–H and O–H groups in total. The van der Waals surface area contributed by atoms with Crippen LogP contribution in [0.1, 0.15) is 22.2 Å². The quantitative estimate of drug-likeness (QED) is 0.696. The summed E-state index contributed by atoms with van der Waals surface area (Å²) in [6.45, 7) is 1.41. The van der Waals surface area contributed by atoms with E-state index >= 15 is 0 Å². The van der Waals surface area contributed by atoms with Gasteiger partial charge >= 0.3 is 0 Å². The first-order valence-corrected chi connectivity index (χ1v) is 9.18. The second kappa shape index (κ2) is 7.86. The van der Waals surface area contributed by atoms with Gasteiger partial charge in [-0.15, -0.1) is 0 Å². The Morgan fingerprint density at radius 3 is 2.71 bits per heavy atom.